The van der Waals surface area contributed by atoms with Gasteiger partial charge in [0.2, 0.25) is 0 Å². The van der Waals surface area contributed by atoms with Crippen LogP contribution < -0.4 is 5.32 Å². The molecule has 0 saturated carbocycles. The minimum atomic E-state index is -0.219. The predicted octanol–water partition coefficient (Wildman–Crippen LogP) is 2.96. The van der Waals surface area contributed by atoms with E-state index < -0.39 is 0 Å². The van der Waals surface area contributed by atoms with E-state index in [1.807, 2.05) is 42.7 Å². The first-order valence-electron chi connectivity index (χ1n) is 7.30. The summed E-state index contributed by atoms with van der Waals surface area (Å²) in [7, 11) is 1.68. The molecule has 1 N–H and O–H groups in total. The van der Waals surface area contributed by atoms with Crippen molar-refractivity contribution in [2.45, 2.75) is 26.5 Å². The molecule has 1 heterocycles. The summed E-state index contributed by atoms with van der Waals surface area (Å²) in [6.45, 7) is 6.17. The van der Waals surface area contributed by atoms with Gasteiger partial charge in [-0.05, 0) is 18.0 Å². The number of rotatable bonds is 7. The Balaban J connectivity index is 2.03. The van der Waals surface area contributed by atoms with Crippen LogP contribution >= 0.6 is 0 Å². The van der Waals surface area contributed by atoms with E-state index in [0.29, 0.717) is 11.7 Å². The number of ether oxygens (including phenoxy) is 1. The number of hydrogen-bond donors (Lipinski definition) is 1. The maximum absolute atomic E-state index is 5.53. The fourth-order valence-electron chi connectivity index (χ4n) is 2.12. The van der Waals surface area contributed by atoms with Crippen LogP contribution in [0.4, 0.5) is 0 Å². The van der Waals surface area contributed by atoms with Gasteiger partial charge in [0.25, 0.3) is 0 Å². The van der Waals surface area contributed by atoms with Gasteiger partial charge < -0.3 is 10.1 Å². The minimum absolute atomic E-state index is 0.219. The summed E-state index contributed by atoms with van der Waals surface area (Å²) in [6.07, 6.45) is 3.51. The summed E-state index contributed by atoms with van der Waals surface area (Å²) in [4.78, 5) is 8.90. The molecule has 0 aliphatic heterocycles. The van der Waals surface area contributed by atoms with E-state index in [-0.39, 0.29) is 6.10 Å². The summed E-state index contributed by atoms with van der Waals surface area (Å²) in [5, 5.41) is 3.38. The van der Waals surface area contributed by atoms with E-state index in [4.69, 9.17) is 4.74 Å². The molecule has 0 radical (unpaired) electrons. The molecule has 2 rings (SSSR count). The SMILES string of the molecule is COC(c1ccccc1)c1ncc(CNCC(C)C)cn1. The average molecular weight is 285 g/mol. The predicted molar refractivity (Wildman–Crippen MR) is 83.9 cm³/mol. The van der Waals surface area contributed by atoms with E-state index >= 15 is 0 Å². The molecule has 1 unspecified atom stereocenters. The molecular weight excluding hydrogens is 262 g/mol. The zero-order valence-electron chi connectivity index (χ0n) is 12.9. The monoisotopic (exact) mass is 285 g/mol. The molecule has 4 nitrogen and oxygen atoms in total. The minimum Gasteiger partial charge on any atom is -0.369 e. The lowest BCUT2D eigenvalue weighted by Crippen LogP contribution is -2.19. The van der Waals surface area contributed by atoms with Crippen molar-refractivity contribution in [2.24, 2.45) is 5.92 Å². The molecule has 0 spiro atoms. The van der Waals surface area contributed by atoms with Gasteiger partial charge in [-0.15, -0.1) is 0 Å². The lowest BCUT2D eigenvalue weighted by molar-refractivity contribution is 0.129. The van der Waals surface area contributed by atoms with Crippen LogP contribution in [0.5, 0.6) is 0 Å². The first-order chi connectivity index (χ1) is 10.2. The van der Waals surface area contributed by atoms with Gasteiger partial charge in [-0.1, -0.05) is 44.2 Å². The molecule has 0 amide bonds. The highest BCUT2D eigenvalue weighted by Crippen LogP contribution is 2.21. The maximum atomic E-state index is 5.53. The van der Waals surface area contributed by atoms with E-state index in [2.05, 4.69) is 29.1 Å². The molecule has 1 aromatic carbocycles. The van der Waals surface area contributed by atoms with Gasteiger partial charge in [0.15, 0.2) is 5.82 Å². The third kappa shape index (κ3) is 4.62. The molecule has 1 aromatic heterocycles. The number of nitrogens with zero attached hydrogens (tertiary/aromatic N) is 2. The second kappa shape index (κ2) is 7.86. The van der Waals surface area contributed by atoms with Crippen LogP contribution in [0.15, 0.2) is 42.7 Å². The molecule has 21 heavy (non-hydrogen) atoms. The molecule has 4 heteroatoms. The fourth-order valence-corrected chi connectivity index (χ4v) is 2.12. The van der Waals surface area contributed by atoms with Gasteiger partial charge in [0.1, 0.15) is 6.10 Å². The number of nitrogens with one attached hydrogen (secondary N) is 1. The first-order valence-corrected chi connectivity index (χ1v) is 7.30. The van der Waals surface area contributed by atoms with Gasteiger partial charge in [-0.3, -0.25) is 0 Å². The van der Waals surface area contributed by atoms with Crippen molar-refractivity contribution >= 4 is 0 Å². The molecule has 0 bridgehead atoms. The zero-order valence-corrected chi connectivity index (χ0v) is 12.9. The molecule has 112 valence electrons. The normalized spacial score (nSPS) is 12.6. The van der Waals surface area contributed by atoms with E-state index in [9.17, 15) is 0 Å². The van der Waals surface area contributed by atoms with Crippen LogP contribution in [0, 0.1) is 5.92 Å². The number of hydrogen-bond acceptors (Lipinski definition) is 4. The number of aromatic nitrogens is 2. The molecule has 0 fully saturated rings. The number of methoxy groups -OCH3 is 1. The highest BCUT2D eigenvalue weighted by Gasteiger charge is 2.15. The Morgan fingerprint density at radius 1 is 1.10 bits per heavy atom. The van der Waals surface area contributed by atoms with Crippen LogP contribution in [-0.2, 0) is 11.3 Å². The Hall–Kier alpha value is -1.78. The Labute approximate surface area is 126 Å². The smallest absolute Gasteiger partial charge is 0.161 e. The summed E-state index contributed by atoms with van der Waals surface area (Å²) in [6, 6.07) is 10.0. The summed E-state index contributed by atoms with van der Waals surface area (Å²) >= 11 is 0. The maximum Gasteiger partial charge on any atom is 0.161 e. The first kappa shape index (κ1) is 15.6. The highest BCUT2D eigenvalue weighted by molar-refractivity contribution is 5.23. The quantitative estimate of drug-likeness (QED) is 0.849. The van der Waals surface area contributed by atoms with Gasteiger partial charge in [0.05, 0.1) is 0 Å². The van der Waals surface area contributed by atoms with Crippen molar-refractivity contribution in [2.75, 3.05) is 13.7 Å². The number of benzene rings is 1. The van der Waals surface area contributed by atoms with Gasteiger partial charge in [0, 0.05) is 31.6 Å². The molecule has 0 saturated heterocycles. The van der Waals surface area contributed by atoms with Crippen LogP contribution in [0.1, 0.15) is 36.9 Å². The van der Waals surface area contributed by atoms with Crippen molar-refractivity contribution in [1.29, 1.82) is 0 Å². The Bertz CT molecular complexity index is 525. The van der Waals surface area contributed by atoms with Crippen LogP contribution in [-0.4, -0.2) is 23.6 Å². The topological polar surface area (TPSA) is 47.0 Å². The Kier molecular flexibility index (Phi) is 5.84. The van der Waals surface area contributed by atoms with E-state index in [1.165, 1.54) is 0 Å². The van der Waals surface area contributed by atoms with Gasteiger partial charge in [-0.25, -0.2) is 9.97 Å². The molecular formula is C17H23N3O. The van der Waals surface area contributed by atoms with Gasteiger partial charge >= 0.3 is 0 Å². The van der Waals surface area contributed by atoms with E-state index in [0.717, 1.165) is 24.2 Å². The average Bonchev–Trinajstić information content (AvgIpc) is 2.50. The van der Waals surface area contributed by atoms with Crippen molar-refractivity contribution in [3.05, 3.63) is 59.7 Å². The Morgan fingerprint density at radius 2 is 1.76 bits per heavy atom. The van der Waals surface area contributed by atoms with Gasteiger partial charge in [-0.2, -0.15) is 0 Å². The van der Waals surface area contributed by atoms with Crippen molar-refractivity contribution in [3.63, 3.8) is 0 Å². The van der Waals surface area contributed by atoms with Crippen LogP contribution in [0.2, 0.25) is 0 Å². The lowest BCUT2D eigenvalue weighted by atomic mass is 10.1. The largest absolute Gasteiger partial charge is 0.369 e. The van der Waals surface area contributed by atoms with Crippen molar-refractivity contribution in [1.82, 2.24) is 15.3 Å². The second-order valence-corrected chi connectivity index (χ2v) is 5.50. The highest BCUT2D eigenvalue weighted by atomic mass is 16.5. The van der Waals surface area contributed by atoms with Crippen LogP contribution in [0.3, 0.4) is 0 Å². The van der Waals surface area contributed by atoms with Crippen molar-refractivity contribution in [3.8, 4) is 0 Å². The molecule has 2 aromatic rings. The summed E-state index contributed by atoms with van der Waals surface area (Å²) in [5.74, 6) is 1.33. The summed E-state index contributed by atoms with van der Waals surface area (Å²) < 4.78 is 5.53. The second-order valence-electron chi connectivity index (χ2n) is 5.50. The van der Waals surface area contributed by atoms with E-state index in [1.54, 1.807) is 7.11 Å². The third-order valence-electron chi connectivity index (χ3n) is 3.18. The molecule has 0 aliphatic carbocycles. The van der Waals surface area contributed by atoms with Crippen LogP contribution in [0.25, 0.3) is 0 Å². The fraction of sp³-hybridized carbons (Fsp3) is 0.412. The standard InChI is InChI=1S/C17H23N3O/c1-13(2)9-18-10-14-11-19-17(20-12-14)16(21-3)15-7-5-4-6-8-15/h4-8,11-13,16,18H,9-10H2,1-3H3. The molecule has 0 aliphatic rings. The Morgan fingerprint density at radius 3 is 2.33 bits per heavy atom. The molecule has 1 atom stereocenters. The van der Waals surface area contributed by atoms with Crippen molar-refractivity contribution < 1.29 is 4.74 Å². The summed E-state index contributed by atoms with van der Waals surface area (Å²) in [5.41, 5.74) is 2.15. The third-order valence-corrected chi connectivity index (χ3v) is 3.18. The zero-order chi connectivity index (χ0) is 15.1. The lowest BCUT2D eigenvalue weighted by Gasteiger charge is -2.14.